The molecule has 6 nitrogen and oxygen atoms in total. The second-order valence-corrected chi connectivity index (χ2v) is 6.42. The third-order valence-corrected chi connectivity index (χ3v) is 4.78. The number of rotatable bonds is 4. The first-order valence-corrected chi connectivity index (χ1v) is 7.93. The highest BCUT2D eigenvalue weighted by molar-refractivity contribution is 5.80. The van der Waals surface area contributed by atoms with E-state index in [1.54, 1.807) is 4.90 Å². The lowest BCUT2D eigenvalue weighted by Gasteiger charge is -2.39. The molecule has 2 aliphatic rings. The number of hydrogen-bond donors (Lipinski definition) is 1. The summed E-state index contributed by atoms with van der Waals surface area (Å²) in [6.45, 7) is 1.28. The molecule has 1 saturated carbocycles. The van der Waals surface area contributed by atoms with Gasteiger partial charge in [0.15, 0.2) is 0 Å². The Hall–Kier alpha value is -1.30. The number of urea groups is 1. The summed E-state index contributed by atoms with van der Waals surface area (Å²) in [5.74, 6) is -0.918. The first kappa shape index (κ1) is 16.1. The molecule has 2 fully saturated rings. The molecule has 0 atom stereocenters. The highest BCUT2D eigenvalue weighted by atomic mass is 16.4. The van der Waals surface area contributed by atoms with E-state index in [1.807, 2.05) is 4.90 Å². The van der Waals surface area contributed by atoms with E-state index in [0.717, 1.165) is 51.6 Å². The summed E-state index contributed by atoms with van der Waals surface area (Å²) in [5.41, 5.74) is 0. The second kappa shape index (κ2) is 7.11. The number of carbonyl (C=O) groups is 2. The zero-order valence-electron chi connectivity index (χ0n) is 13.1. The van der Waals surface area contributed by atoms with Crippen LogP contribution in [-0.2, 0) is 4.79 Å². The maximum absolute atomic E-state index is 12.7. The van der Waals surface area contributed by atoms with Crippen molar-refractivity contribution in [2.45, 2.75) is 50.6 Å². The van der Waals surface area contributed by atoms with Gasteiger partial charge < -0.3 is 19.8 Å². The van der Waals surface area contributed by atoms with Crippen molar-refractivity contribution < 1.29 is 14.7 Å². The van der Waals surface area contributed by atoms with Crippen molar-refractivity contribution >= 4 is 12.0 Å². The number of carboxylic acid groups (broad SMARTS) is 1. The van der Waals surface area contributed by atoms with Gasteiger partial charge in [0.2, 0.25) is 0 Å². The number of nitrogens with zero attached hydrogens (tertiary/aromatic N) is 3. The lowest BCUT2D eigenvalue weighted by Crippen LogP contribution is -2.53. The number of carboxylic acids is 1. The van der Waals surface area contributed by atoms with Gasteiger partial charge in [-0.3, -0.25) is 4.79 Å². The molecule has 0 aromatic rings. The molecule has 0 aromatic heterocycles. The van der Waals surface area contributed by atoms with Gasteiger partial charge >= 0.3 is 12.0 Å². The first-order chi connectivity index (χ1) is 9.99. The summed E-state index contributed by atoms with van der Waals surface area (Å²) in [7, 11) is 4.13. The number of amides is 2. The maximum Gasteiger partial charge on any atom is 0.323 e. The van der Waals surface area contributed by atoms with E-state index in [-0.39, 0.29) is 18.6 Å². The molecule has 1 aliphatic heterocycles. The molecule has 6 heteroatoms. The van der Waals surface area contributed by atoms with E-state index < -0.39 is 5.97 Å². The summed E-state index contributed by atoms with van der Waals surface area (Å²) in [6, 6.07) is 0.551. The van der Waals surface area contributed by atoms with Crippen molar-refractivity contribution in [3.63, 3.8) is 0 Å². The average Bonchev–Trinajstić information content (AvgIpc) is 2.98. The van der Waals surface area contributed by atoms with Crippen LogP contribution in [0.3, 0.4) is 0 Å². The topological polar surface area (TPSA) is 64.1 Å². The molecule has 1 heterocycles. The lowest BCUT2D eigenvalue weighted by atomic mass is 10.0. The number of hydrogen-bond acceptors (Lipinski definition) is 3. The van der Waals surface area contributed by atoms with Gasteiger partial charge in [-0.15, -0.1) is 0 Å². The predicted octanol–water partition coefficient (Wildman–Crippen LogP) is 1.46. The number of aliphatic carboxylic acids is 1. The van der Waals surface area contributed by atoms with Crippen LogP contribution in [0.15, 0.2) is 0 Å². The fourth-order valence-electron chi connectivity index (χ4n) is 3.47. The van der Waals surface area contributed by atoms with E-state index in [0.29, 0.717) is 6.04 Å². The fraction of sp³-hybridized carbons (Fsp3) is 0.867. The minimum absolute atomic E-state index is 0.0819. The Balaban J connectivity index is 1.96. The van der Waals surface area contributed by atoms with Gasteiger partial charge in [-0.2, -0.15) is 0 Å². The van der Waals surface area contributed by atoms with Gasteiger partial charge in [-0.1, -0.05) is 12.8 Å². The second-order valence-electron chi connectivity index (χ2n) is 6.42. The minimum Gasteiger partial charge on any atom is -0.480 e. The molecule has 1 N–H and O–H groups in total. The van der Waals surface area contributed by atoms with Gasteiger partial charge in [0.25, 0.3) is 0 Å². The van der Waals surface area contributed by atoms with Crippen LogP contribution in [0, 0.1) is 0 Å². The van der Waals surface area contributed by atoms with Crippen LogP contribution < -0.4 is 0 Å². The molecule has 0 unspecified atom stereocenters. The van der Waals surface area contributed by atoms with Gasteiger partial charge in [-0.05, 0) is 39.8 Å². The van der Waals surface area contributed by atoms with Gasteiger partial charge in [-0.25, -0.2) is 4.79 Å². The van der Waals surface area contributed by atoms with Crippen LogP contribution >= 0.6 is 0 Å². The van der Waals surface area contributed by atoms with Gasteiger partial charge in [0.1, 0.15) is 6.54 Å². The van der Waals surface area contributed by atoms with Gasteiger partial charge in [0, 0.05) is 25.2 Å². The summed E-state index contributed by atoms with van der Waals surface area (Å²) < 4.78 is 0. The van der Waals surface area contributed by atoms with E-state index in [1.165, 1.54) is 0 Å². The molecular weight excluding hydrogens is 270 g/mol. The van der Waals surface area contributed by atoms with Crippen LogP contribution in [0.5, 0.6) is 0 Å². The summed E-state index contributed by atoms with van der Waals surface area (Å²) in [6.07, 6.45) is 5.99. The Labute approximate surface area is 126 Å². The highest BCUT2D eigenvalue weighted by Crippen LogP contribution is 2.25. The molecule has 21 heavy (non-hydrogen) atoms. The van der Waals surface area contributed by atoms with Gasteiger partial charge in [0.05, 0.1) is 0 Å². The SMILES string of the molecule is CN(C)C1CCN(C(=O)N(CC(=O)O)C2CCCC2)CC1. The van der Waals surface area contributed by atoms with E-state index in [2.05, 4.69) is 19.0 Å². The molecule has 0 spiro atoms. The molecule has 120 valence electrons. The normalized spacial score (nSPS) is 21.0. The summed E-state index contributed by atoms with van der Waals surface area (Å²) in [4.78, 5) is 29.4. The van der Waals surface area contributed by atoms with Crippen LogP contribution in [-0.4, -0.2) is 77.6 Å². The largest absolute Gasteiger partial charge is 0.480 e. The summed E-state index contributed by atoms with van der Waals surface area (Å²) >= 11 is 0. The molecule has 2 rings (SSSR count). The van der Waals surface area contributed by atoms with Crippen molar-refractivity contribution in [3.8, 4) is 0 Å². The number of carbonyl (C=O) groups excluding carboxylic acids is 1. The quantitative estimate of drug-likeness (QED) is 0.853. The maximum atomic E-state index is 12.7. The average molecular weight is 297 g/mol. The van der Waals surface area contributed by atoms with E-state index in [4.69, 9.17) is 5.11 Å². The molecule has 1 aliphatic carbocycles. The first-order valence-electron chi connectivity index (χ1n) is 7.93. The Morgan fingerprint density at radius 3 is 2.10 bits per heavy atom. The highest BCUT2D eigenvalue weighted by Gasteiger charge is 2.33. The van der Waals surface area contributed by atoms with Crippen molar-refractivity contribution in [1.29, 1.82) is 0 Å². The predicted molar refractivity (Wildman–Crippen MR) is 80.3 cm³/mol. The van der Waals surface area contributed by atoms with E-state index in [9.17, 15) is 9.59 Å². The Morgan fingerprint density at radius 2 is 1.62 bits per heavy atom. The third-order valence-electron chi connectivity index (χ3n) is 4.78. The molecular formula is C15H27N3O3. The molecule has 0 radical (unpaired) electrons. The number of piperidine rings is 1. The van der Waals surface area contributed by atoms with Crippen LogP contribution in [0.4, 0.5) is 4.79 Å². The molecule has 1 saturated heterocycles. The van der Waals surface area contributed by atoms with Crippen molar-refractivity contribution in [1.82, 2.24) is 14.7 Å². The Morgan fingerprint density at radius 1 is 1.05 bits per heavy atom. The third kappa shape index (κ3) is 4.09. The zero-order valence-corrected chi connectivity index (χ0v) is 13.1. The van der Waals surface area contributed by atoms with Crippen LogP contribution in [0.25, 0.3) is 0 Å². The van der Waals surface area contributed by atoms with E-state index >= 15 is 0 Å². The van der Waals surface area contributed by atoms with Crippen LogP contribution in [0.2, 0.25) is 0 Å². The van der Waals surface area contributed by atoms with Crippen molar-refractivity contribution in [3.05, 3.63) is 0 Å². The zero-order chi connectivity index (χ0) is 15.4. The number of likely N-dealkylation sites (tertiary alicyclic amines) is 1. The molecule has 0 bridgehead atoms. The molecule has 2 amide bonds. The minimum atomic E-state index is -0.918. The molecule has 0 aromatic carbocycles. The Bertz CT molecular complexity index is 372. The fourth-order valence-corrected chi connectivity index (χ4v) is 3.47. The van der Waals surface area contributed by atoms with Crippen molar-refractivity contribution in [2.75, 3.05) is 33.7 Å². The Kier molecular flexibility index (Phi) is 5.45. The standard InChI is InChI=1S/C15H27N3O3/c1-16(2)12-7-9-17(10-8-12)15(21)18(11-14(19)20)13-5-3-4-6-13/h12-13H,3-11H2,1-2H3,(H,19,20). The monoisotopic (exact) mass is 297 g/mol. The smallest absolute Gasteiger partial charge is 0.323 e. The van der Waals surface area contributed by atoms with Crippen molar-refractivity contribution in [2.24, 2.45) is 0 Å². The lowest BCUT2D eigenvalue weighted by molar-refractivity contribution is -0.138. The van der Waals surface area contributed by atoms with Crippen LogP contribution in [0.1, 0.15) is 38.5 Å². The summed E-state index contributed by atoms with van der Waals surface area (Å²) in [5, 5.41) is 9.09.